The Kier molecular flexibility index (Phi) is 1.92. The molecule has 44 valence electrons. The summed E-state index contributed by atoms with van der Waals surface area (Å²) in [5.74, 6) is 0. The molecule has 0 aliphatic heterocycles. The minimum absolute atomic E-state index is 4.49. The molecule has 1 unspecified atom stereocenters. The van der Waals surface area contributed by atoms with E-state index in [1.807, 2.05) is 0 Å². The summed E-state index contributed by atoms with van der Waals surface area (Å²) >= 11 is -4.49. The van der Waals surface area contributed by atoms with Crippen molar-refractivity contribution in [1.29, 1.82) is 0 Å². The second-order valence-corrected chi connectivity index (χ2v) is 2.71. The van der Waals surface area contributed by atoms with E-state index in [1.165, 1.54) is 0 Å². The monoisotopic (exact) mass is 182 g/mol. The van der Waals surface area contributed by atoms with Crippen LogP contribution in [0.4, 0.5) is 13.2 Å². The molecule has 0 spiro atoms. The normalized spacial score (nSPS) is 16.6. The molecule has 0 fully saturated rings. The van der Waals surface area contributed by atoms with Gasteiger partial charge < -0.3 is 0 Å². The van der Waals surface area contributed by atoms with Crippen LogP contribution in [0.5, 0.6) is 0 Å². The van der Waals surface area contributed by atoms with E-state index in [9.17, 15) is 13.2 Å². The van der Waals surface area contributed by atoms with E-state index in [-0.39, 0.29) is 0 Å². The van der Waals surface area contributed by atoms with Crippen LogP contribution in [0.3, 0.4) is 0 Å². The summed E-state index contributed by atoms with van der Waals surface area (Å²) in [5.41, 5.74) is 0. The summed E-state index contributed by atoms with van der Waals surface area (Å²) in [7, 11) is 0. The first kappa shape index (κ1) is 7.07. The van der Waals surface area contributed by atoms with Crippen LogP contribution < -0.4 is 0 Å². The van der Waals surface area contributed by atoms with Crippen molar-refractivity contribution in [1.82, 2.24) is 0 Å². The molecule has 0 aromatic heterocycles. The molecule has 0 aromatic carbocycles. The summed E-state index contributed by atoms with van der Waals surface area (Å²) in [6.07, 6.45) is 0. The Bertz CT molecular complexity index is 85.4. The fourth-order valence-electron chi connectivity index (χ4n) is 0. The van der Waals surface area contributed by atoms with Crippen LogP contribution in [0.2, 0.25) is 0 Å². The molecular weight excluding hydrogens is 180 g/mol. The predicted octanol–water partition coefficient (Wildman–Crippen LogP) is -0.00110. The Hall–Kier alpha value is 0.0695. The Morgan fingerprint density at radius 3 is 1.57 bits per heavy atom. The minimum atomic E-state index is -4.88. The van der Waals surface area contributed by atoms with E-state index in [2.05, 4.69) is 0 Å². The summed E-state index contributed by atoms with van der Waals surface area (Å²) in [5, 5.41) is -4.88. The third-order valence-electron chi connectivity index (χ3n) is 0.198. The van der Waals surface area contributed by atoms with Crippen molar-refractivity contribution < 1.29 is 21.2 Å². The van der Waals surface area contributed by atoms with Crippen molar-refractivity contribution in [3.63, 3.8) is 0 Å². The Balaban J connectivity index is 3.79. The molecule has 0 aliphatic rings. The van der Waals surface area contributed by atoms with Crippen LogP contribution in [0.25, 0.3) is 0 Å². The van der Waals surface area contributed by atoms with Gasteiger partial charge in [-0.2, -0.15) is 0 Å². The van der Waals surface area contributed by atoms with Crippen LogP contribution in [0, 0.1) is 0 Å². The summed E-state index contributed by atoms with van der Waals surface area (Å²) < 4.78 is 48.5. The van der Waals surface area contributed by atoms with Crippen LogP contribution in [0.1, 0.15) is 0 Å². The molecule has 0 radical (unpaired) electrons. The molecule has 0 rings (SSSR count). The van der Waals surface area contributed by atoms with Crippen LogP contribution in [-0.4, -0.2) is 23.4 Å². The molecule has 0 amide bonds. The van der Waals surface area contributed by atoms with Gasteiger partial charge >= 0.3 is 40.4 Å². The van der Waals surface area contributed by atoms with Crippen molar-refractivity contribution in [2.24, 2.45) is 0 Å². The van der Waals surface area contributed by atoms with Gasteiger partial charge in [0, 0.05) is 0 Å². The van der Waals surface area contributed by atoms with E-state index < -0.39 is 19.2 Å². The fourth-order valence-corrected chi connectivity index (χ4v) is 0. The topological polar surface area (TPSA) is 37.3 Å². The summed E-state index contributed by atoms with van der Waals surface area (Å²) in [4.78, 5) is 0. The number of halogens is 3. The fraction of sp³-hybridized carbons (Fsp3) is 1.00. The zero-order valence-corrected chi connectivity index (χ0v) is 4.61. The molecule has 7 heavy (non-hydrogen) atoms. The molecule has 1 N–H and O–H groups in total. The van der Waals surface area contributed by atoms with Crippen LogP contribution in [-0.2, 0) is 3.83 Å². The predicted molar refractivity (Wildman–Crippen MR) is 14.7 cm³/mol. The maximum atomic E-state index is 10.7. The summed E-state index contributed by atoms with van der Waals surface area (Å²) in [6.45, 7) is 0. The SMILES string of the molecule is O=[Se](O)C(F)(F)F. The quantitative estimate of drug-likeness (QED) is 0.534. The number of hydrogen-bond donors (Lipinski definition) is 1. The first-order chi connectivity index (χ1) is 2.94. The average molecular weight is 181 g/mol. The number of alkyl halides is 3. The summed E-state index contributed by atoms with van der Waals surface area (Å²) in [6, 6.07) is 0. The number of hydrogen-bond acceptors (Lipinski definition) is 1. The van der Waals surface area contributed by atoms with Gasteiger partial charge in [-0.3, -0.25) is 0 Å². The van der Waals surface area contributed by atoms with Gasteiger partial charge in [-0.1, -0.05) is 0 Å². The average Bonchev–Trinajstić information content (AvgIpc) is 1.31. The van der Waals surface area contributed by atoms with Crippen molar-refractivity contribution in [3.8, 4) is 0 Å². The van der Waals surface area contributed by atoms with Crippen molar-refractivity contribution in [3.05, 3.63) is 0 Å². The standard InChI is InChI=1S/CHF3O2Se/c2-1(3,4)7(5)6/h(H,5,6). The molecule has 1 atom stereocenters. The number of rotatable bonds is 0. The van der Waals surface area contributed by atoms with Gasteiger partial charge in [0.1, 0.15) is 0 Å². The molecule has 2 nitrogen and oxygen atoms in total. The van der Waals surface area contributed by atoms with Gasteiger partial charge in [0.05, 0.1) is 0 Å². The third-order valence-corrected chi connectivity index (χ3v) is 1.03. The van der Waals surface area contributed by atoms with E-state index in [0.717, 1.165) is 0 Å². The maximum absolute atomic E-state index is 10.7. The van der Waals surface area contributed by atoms with E-state index in [4.69, 9.17) is 8.02 Å². The second-order valence-electron chi connectivity index (χ2n) is 0.695. The van der Waals surface area contributed by atoms with Crippen LogP contribution in [0.15, 0.2) is 0 Å². The first-order valence-corrected chi connectivity index (χ1v) is 3.44. The van der Waals surface area contributed by atoms with E-state index in [1.54, 1.807) is 0 Å². The molecule has 0 aromatic rings. The Labute approximate surface area is 41.4 Å². The van der Waals surface area contributed by atoms with Gasteiger partial charge in [0.15, 0.2) is 0 Å². The zero-order chi connectivity index (χ0) is 6.08. The van der Waals surface area contributed by atoms with E-state index in [0.29, 0.717) is 0 Å². The van der Waals surface area contributed by atoms with Crippen molar-refractivity contribution in [2.75, 3.05) is 0 Å². The van der Waals surface area contributed by atoms with Gasteiger partial charge in [0.2, 0.25) is 0 Å². The van der Waals surface area contributed by atoms with Gasteiger partial charge in [-0.05, 0) is 0 Å². The molecular formula is CHF3O2Se. The molecule has 0 heterocycles. The Morgan fingerprint density at radius 1 is 1.43 bits per heavy atom. The molecule has 0 saturated heterocycles. The molecule has 0 aliphatic carbocycles. The van der Waals surface area contributed by atoms with Gasteiger partial charge in [-0.15, -0.1) is 0 Å². The van der Waals surface area contributed by atoms with Crippen molar-refractivity contribution >= 4 is 14.2 Å². The molecule has 0 saturated carbocycles. The first-order valence-electron chi connectivity index (χ1n) is 1.12. The molecule has 0 bridgehead atoms. The second kappa shape index (κ2) is 1.90. The van der Waals surface area contributed by atoms with E-state index >= 15 is 0 Å². The third kappa shape index (κ3) is 2.73. The van der Waals surface area contributed by atoms with Crippen molar-refractivity contribution in [2.45, 2.75) is 5.07 Å². The van der Waals surface area contributed by atoms with Gasteiger partial charge in [-0.25, -0.2) is 0 Å². The Morgan fingerprint density at radius 2 is 1.57 bits per heavy atom. The van der Waals surface area contributed by atoms with Gasteiger partial charge in [0.25, 0.3) is 0 Å². The van der Waals surface area contributed by atoms with Crippen LogP contribution >= 0.6 is 0 Å². The zero-order valence-electron chi connectivity index (χ0n) is 2.90. The molecule has 6 heteroatoms.